The highest BCUT2D eigenvalue weighted by Gasteiger charge is 2.06. The van der Waals surface area contributed by atoms with Crippen LogP contribution >= 0.6 is 11.6 Å². The third-order valence-electron chi connectivity index (χ3n) is 5.09. The van der Waals surface area contributed by atoms with Gasteiger partial charge in [0.1, 0.15) is 0 Å². The lowest BCUT2D eigenvalue weighted by Gasteiger charge is -2.08. The maximum Gasteiger partial charge on any atom is 0.0958 e. The van der Waals surface area contributed by atoms with Gasteiger partial charge in [0.15, 0.2) is 0 Å². The molecule has 0 fully saturated rings. The maximum atomic E-state index is 6.11. The second-order valence-electron chi connectivity index (χ2n) is 7.18. The molecule has 0 unspecified atom stereocenters. The van der Waals surface area contributed by atoms with Gasteiger partial charge in [0.05, 0.1) is 17.4 Å². The number of benzene rings is 3. The predicted molar refractivity (Wildman–Crippen MR) is 121 cm³/mol. The standard InChI is InChI=1S/C24H25ClN4/c25-22-3-1-2-18(14-22)10-13-29-17-28-23-9-8-21(15-24(23)29)20-6-4-19(5-7-20)16-27-12-11-26/h1-9,14-15,17,27H,10-13,16,26H2. The molecule has 0 atom stereocenters. The fraction of sp³-hybridized carbons (Fsp3) is 0.208. The molecule has 1 heterocycles. The van der Waals surface area contributed by atoms with Crippen molar-refractivity contribution in [1.82, 2.24) is 14.9 Å². The second-order valence-corrected chi connectivity index (χ2v) is 7.62. The molecule has 3 N–H and O–H groups in total. The van der Waals surface area contributed by atoms with Crippen molar-refractivity contribution in [2.45, 2.75) is 19.5 Å². The van der Waals surface area contributed by atoms with E-state index < -0.39 is 0 Å². The van der Waals surface area contributed by atoms with Gasteiger partial charge in [-0.1, -0.05) is 54.1 Å². The van der Waals surface area contributed by atoms with E-state index in [9.17, 15) is 0 Å². The first-order chi connectivity index (χ1) is 14.2. The number of hydrogen-bond acceptors (Lipinski definition) is 3. The van der Waals surface area contributed by atoms with E-state index in [0.29, 0.717) is 6.54 Å². The Hall–Kier alpha value is -2.66. The first kappa shape index (κ1) is 19.6. The summed E-state index contributed by atoms with van der Waals surface area (Å²) in [7, 11) is 0. The normalized spacial score (nSPS) is 11.2. The van der Waals surface area contributed by atoms with Crippen molar-refractivity contribution in [2.75, 3.05) is 13.1 Å². The summed E-state index contributed by atoms with van der Waals surface area (Å²) >= 11 is 6.11. The zero-order chi connectivity index (χ0) is 20.1. The molecule has 0 aliphatic heterocycles. The quantitative estimate of drug-likeness (QED) is 0.420. The Labute approximate surface area is 176 Å². The van der Waals surface area contributed by atoms with Gasteiger partial charge in [0.25, 0.3) is 0 Å². The van der Waals surface area contributed by atoms with Crippen molar-refractivity contribution < 1.29 is 0 Å². The lowest BCUT2D eigenvalue weighted by atomic mass is 10.0. The number of nitrogens with zero attached hydrogens (tertiary/aromatic N) is 2. The van der Waals surface area contributed by atoms with Gasteiger partial charge in [-0.3, -0.25) is 0 Å². The molecular weight excluding hydrogens is 380 g/mol. The van der Waals surface area contributed by atoms with Crippen LogP contribution in [0.4, 0.5) is 0 Å². The second kappa shape index (κ2) is 9.23. The number of aryl methyl sites for hydroxylation is 2. The molecule has 0 aliphatic carbocycles. The van der Waals surface area contributed by atoms with E-state index in [2.05, 4.69) is 63.4 Å². The minimum absolute atomic E-state index is 0.656. The first-order valence-corrected chi connectivity index (χ1v) is 10.3. The third-order valence-corrected chi connectivity index (χ3v) is 5.32. The zero-order valence-corrected chi connectivity index (χ0v) is 17.1. The predicted octanol–water partition coefficient (Wildman–Crippen LogP) is 4.65. The summed E-state index contributed by atoms with van der Waals surface area (Å²) in [6.45, 7) is 3.19. The minimum Gasteiger partial charge on any atom is -0.330 e. The molecule has 0 saturated carbocycles. The highest BCUT2D eigenvalue weighted by molar-refractivity contribution is 6.30. The average Bonchev–Trinajstić information content (AvgIpc) is 3.15. The van der Waals surface area contributed by atoms with Crippen molar-refractivity contribution in [2.24, 2.45) is 5.73 Å². The van der Waals surface area contributed by atoms with Gasteiger partial charge in [0, 0.05) is 31.2 Å². The van der Waals surface area contributed by atoms with Gasteiger partial charge in [-0.05, 0) is 52.9 Å². The number of fused-ring (bicyclic) bond motifs is 1. The summed E-state index contributed by atoms with van der Waals surface area (Å²) in [5.41, 5.74) is 12.6. The summed E-state index contributed by atoms with van der Waals surface area (Å²) in [5.74, 6) is 0. The molecule has 0 aliphatic rings. The molecule has 0 saturated heterocycles. The van der Waals surface area contributed by atoms with Crippen LogP contribution in [0, 0.1) is 0 Å². The monoisotopic (exact) mass is 404 g/mol. The van der Waals surface area contributed by atoms with E-state index in [1.807, 2.05) is 24.5 Å². The van der Waals surface area contributed by atoms with Gasteiger partial charge < -0.3 is 15.6 Å². The van der Waals surface area contributed by atoms with Crippen molar-refractivity contribution in [3.63, 3.8) is 0 Å². The van der Waals surface area contributed by atoms with Gasteiger partial charge in [-0.2, -0.15) is 0 Å². The van der Waals surface area contributed by atoms with Crippen LogP contribution in [0.2, 0.25) is 5.02 Å². The van der Waals surface area contributed by atoms with Crippen molar-refractivity contribution in [1.29, 1.82) is 0 Å². The fourth-order valence-electron chi connectivity index (χ4n) is 3.51. The Morgan fingerprint density at radius 3 is 2.55 bits per heavy atom. The van der Waals surface area contributed by atoms with Crippen molar-refractivity contribution >= 4 is 22.6 Å². The highest BCUT2D eigenvalue weighted by atomic mass is 35.5. The molecule has 29 heavy (non-hydrogen) atoms. The fourth-order valence-corrected chi connectivity index (χ4v) is 3.72. The van der Waals surface area contributed by atoms with Crippen LogP contribution in [0.15, 0.2) is 73.1 Å². The number of hydrogen-bond donors (Lipinski definition) is 2. The molecule has 0 radical (unpaired) electrons. The van der Waals surface area contributed by atoms with Gasteiger partial charge >= 0.3 is 0 Å². The van der Waals surface area contributed by atoms with Crippen molar-refractivity contribution in [3.05, 3.63) is 89.2 Å². The van der Waals surface area contributed by atoms with Crippen LogP contribution in [0.3, 0.4) is 0 Å². The summed E-state index contributed by atoms with van der Waals surface area (Å²) in [4.78, 5) is 4.56. The number of rotatable bonds is 8. The molecule has 1 aromatic heterocycles. The molecule has 5 heteroatoms. The summed E-state index contributed by atoms with van der Waals surface area (Å²) in [6.07, 6.45) is 2.84. The molecular formula is C24H25ClN4. The first-order valence-electron chi connectivity index (χ1n) is 9.92. The van der Waals surface area contributed by atoms with E-state index in [4.69, 9.17) is 17.3 Å². The molecule has 148 valence electrons. The zero-order valence-electron chi connectivity index (χ0n) is 16.3. The lowest BCUT2D eigenvalue weighted by Crippen LogP contribution is -2.21. The van der Waals surface area contributed by atoms with Crippen LogP contribution < -0.4 is 11.1 Å². The van der Waals surface area contributed by atoms with Crippen molar-refractivity contribution in [3.8, 4) is 11.1 Å². The largest absolute Gasteiger partial charge is 0.330 e. The Kier molecular flexibility index (Phi) is 6.25. The third kappa shape index (κ3) is 4.85. The highest BCUT2D eigenvalue weighted by Crippen LogP contribution is 2.25. The summed E-state index contributed by atoms with van der Waals surface area (Å²) < 4.78 is 2.21. The summed E-state index contributed by atoms with van der Waals surface area (Å²) in [6, 6.07) is 23.2. The lowest BCUT2D eigenvalue weighted by molar-refractivity contribution is 0.695. The smallest absolute Gasteiger partial charge is 0.0958 e. The number of halogens is 1. The van der Waals surface area contributed by atoms with Crippen LogP contribution in [0.5, 0.6) is 0 Å². The van der Waals surface area contributed by atoms with E-state index in [1.54, 1.807) is 0 Å². The molecule has 4 rings (SSSR count). The number of nitrogens with two attached hydrogens (primary N) is 1. The SMILES string of the molecule is NCCNCc1ccc(-c2ccc3ncn(CCc4cccc(Cl)c4)c3c2)cc1. The van der Waals surface area contributed by atoms with E-state index in [0.717, 1.165) is 42.1 Å². The topological polar surface area (TPSA) is 55.9 Å². The van der Waals surface area contributed by atoms with Crippen LogP contribution in [0.1, 0.15) is 11.1 Å². The van der Waals surface area contributed by atoms with E-state index in [1.165, 1.54) is 22.3 Å². The Bertz CT molecular complexity index is 1090. The van der Waals surface area contributed by atoms with E-state index >= 15 is 0 Å². The number of imidazole rings is 1. The average molecular weight is 405 g/mol. The number of nitrogens with one attached hydrogen (secondary N) is 1. The Balaban J connectivity index is 1.52. The van der Waals surface area contributed by atoms with E-state index in [-0.39, 0.29) is 0 Å². The Morgan fingerprint density at radius 1 is 0.931 bits per heavy atom. The molecule has 3 aromatic carbocycles. The van der Waals surface area contributed by atoms with Gasteiger partial charge in [0.2, 0.25) is 0 Å². The van der Waals surface area contributed by atoms with Crippen LogP contribution in [-0.2, 0) is 19.5 Å². The number of aromatic nitrogens is 2. The molecule has 0 amide bonds. The Morgan fingerprint density at radius 2 is 1.76 bits per heavy atom. The maximum absolute atomic E-state index is 6.11. The molecule has 4 aromatic rings. The summed E-state index contributed by atoms with van der Waals surface area (Å²) in [5, 5.41) is 4.10. The minimum atomic E-state index is 0.656. The van der Waals surface area contributed by atoms with Crippen LogP contribution in [-0.4, -0.2) is 22.6 Å². The molecule has 0 spiro atoms. The van der Waals surface area contributed by atoms with Crippen LogP contribution in [0.25, 0.3) is 22.2 Å². The van der Waals surface area contributed by atoms with Gasteiger partial charge in [-0.25, -0.2) is 4.98 Å². The van der Waals surface area contributed by atoms with Gasteiger partial charge in [-0.15, -0.1) is 0 Å². The molecule has 4 nitrogen and oxygen atoms in total. The molecule has 0 bridgehead atoms.